The molecule has 2 fully saturated rings. The Balaban J connectivity index is 1.51. The number of alkyl halides is 2. The van der Waals surface area contributed by atoms with Crippen LogP contribution in [0.4, 0.5) is 5.69 Å². The number of hydrogen-bond acceptors (Lipinski definition) is 2. The summed E-state index contributed by atoms with van der Waals surface area (Å²) in [5, 5.41) is 6.15. The van der Waals surface area contributed by atoms with Gasteiger partial charge in [0, 0.05) is 17.1 Å². The zero-order chi connectivity index (χ0) is 21.8. The number of benzene rings is 2. The van der Waals surface area contributed by atoms with E-state index in [9.17, 15) is 9.59 Å². The Morgan fingerprint density at radius 3 is 2.27 bits per heavy atom. The van der Waals surface area contributed by atoms with E-state index in [2.05, 4.69) is 16.7 Å². The fourth-order valence-electron chi connectivity index (χ4n) is 3.91. The Morgan fingerprint density at radius 1 is 1.03 bits per heavy atom. The van der Waals surface area contributed by atoms with Crippen LogP contribution in [0.1, 0.15) is 52.7 Å². The molecule has 30 heavy (non-hydrogen) atoms. The number of amides is 2. The van der Waals surface area contributed by atoms with Crippen LogP contribution in [0, 0.1) is 19.8 Å². The van der Waals surface area contributed by atoms with E-state index in [1.165, 1.54) is 0 Å². The van der Waals surface area contributed by atoms with Gasteiger partial charge in [0.25, 0.3) is 5.91 Å². The molecular formula is C23H23Cl3N2O2. The number of carbonyl (C=O) groups is 2. The van der Waals surface area contributed by atoms with Crippen LogP contribution in [-0.4, -0.2) is 21.7 Å². The van der Waals surface area contributed by atoms with Crippen molar-refractivity contribution in [2.45, 2.75) is 49.4 Å². The van der Waals surface area contributed by atoms with Crippen LogP contribution in [0.2, 0.25) is 5.02 Å². The summed E-state index contributed by atoms with van der Waals surface area (Å²) >= 11 is 19.2. The SMILES string of the molecule is Cc1cc(C)cc(C2C(C(=O)Nc3ccc(Cl)c(C(=O)NC4(C)CC4)c3)C2(Cl)Cl)c1. The molecule has 0 aromatic heterocycles. The van der Waals surface area contributed by atoms with Crippen LogP contribution in [0.3, 0.4) is 0 Å². The van der Waals surface area contributed by atoms with Gasteiger partial charge in [-0.15, -0.1) is 23.2 Å². The summed E-state index contributed by atoms with van der Waals surface area (Å²) in [6.45, 7) is 5.99. The Morgan fingerprint density at radius 2 is 1.67 bits per heavy atom. The highest BCUT2D eigenvalue weighted by atomic mass is 35.5. The molecule has 158 valence electrons. The van der Waals surface area contributed by atoms with E-state index in [-0.39, 0.29) is 23.3 Å². The normalized spacial score (nSPS) is 22.9. The second-order valence-corrected chi connectivity index (χ2v) is 10.6. The highest BCUT2D eigenvalue weighted by Gasteiger charge is 2.67. The van der Waals surface area contributed by atoms with Crippen molar-refractivity contribution in [2.75, 3.05) is 5.32 Å². The maximum absolute atomic E-state index is 12.9. The molecule has 7 heteroatoms. The number of hydrogen-bond donors (Lipinski definition) is 2. The Kier molecular flexibility index (Phi) is 5.32. The average molecular weight is 466 g/mol. The van der Waals surface area contributed by atoms with Gasteiger partial charge in [-0.05, 0) is 57.4 Å². The summed E-state index contributed by atoms with van der Waals surface area (Å²) in [4.78, 5) is 25.5. The number of nitrogens with one attached hydrogen (secondary N) is 2. The average Bonchev–Trinajstić information content (AvgIpc) is 3.50. The van der Waals surface area contributed by atoms with Gasteiger partial charge in [0.05, 0.1) is 16.5 Å². The van der Waals surface area contributed by atoms with Crippen molar-refractivity contribution in [3.05, 3.63) is 63.7 Å². The summed E-state index contributed by atoms with van der Waals surface area (Å²) in [5.41, 5.74) is 3.78. The van der Waals surface area contributed by atoms with E-state index in [4.69, 9.17) is 34.8 Å². The van der Waals surface area contributed by atoms with Crippen molar-refractivity contribution in [3.8, 4) is 0 Å². The lowest BCUT2D eigenvalue weighted by Crippen LogP contribution is -2.34. The van der Waals surface area contributed by atoms with E-state index in [1.54, 1.807) is 18.2 Å². The zero-order valence-electron chi connectivity index (χ0n) is 17.0. The van der Waals surface area contributed by atoms with Gasteiger partial charge in [0.1, 0.15) is 4.33 Å². The van der Waals surface area contributed by atoms with Crippen molar-refractivity contribution in [1.82, 2.24) is 5.32 Å². The van der Waals surface area contributed by atoms with Crippen LogP contribution in [0.5, 0.6) is 0 Å². The van der Waals surface area contributed by atoms with Crippen molar-refractivity contribution >= 4 is 52.3 Å². The maximum atomic E-state index is 12.9. The van der Waals surface area contributed by atoms with Crippen LogP contribution >= 0.6 is 34.8 Å². The highest BCUT2D eigenvalue weighted by Crippen LogP contribution is 2.65. The topological polar surface area (TPSA) is 58.2 Å². The summed E-state index contributed by atoms with van der Waals surface area (Å²) in [6.07, 6.45) is 1.89. The van der Waals surface area contributed by atoms with Gasteiger partial charge in [-0.3, -0.25) is 9.59 Å². The number of rotatable bonds is 5. The van der Waals surface area contributed by atoms with Gasteiger partial charge in [-0.2, -0.15) is 0 Å². The summed E-state index contributed by atoms with van der Waals surface area (Å²) in [7, 11) is 0. The minimum atomic E-state index is -1.17. The van der Waals surface area contributed by atoms with Gasteiger partial charge in [-0.1, -0.05) is 40.9 Å². The minimum absolute atomic E-state index is 0.163. The fraction of sp³-hybridized carbons (Fsp3) is 0.391. The monoisotopic (exact) mass is 464 g/mol. The van der Waals surface area contributed by atoms with Gasteiger partial charge < -0.3 is 10.6 Å². The van der Waals surface area contributed by atoms with Gasteiger partial charge in [0.2, 0.25) is 5.91 Å². The molecule has 2 atom stereocenters. The summed E-state index contributed by atoms with van der Waals surface area (Å²) in [6, 6.07) is 10.9. The quantitative estimate of drug-likeness (QED) is 0.551. The van der Waals surface area contributed by atoms with Gasteiger partial charge in [0.15, 0.2) is 0 Å². The van der Waals surface area contributed by atoms with Gasteiger partial charge >= 0.3 is 0 Å². The van der Waals surface area contributed by atoms with E-state index in [1.807, 2.05) is 32.9 Å². The van der Waals surface area contributed by atoms with Gasteiger partial charge in [-0.25, -0.2) is 0 Å². The molecule has 2 aliphatic rings. The largest absolute Gasteiger partial charge is 0.347 e. The highest BCUT2D eigenvalue weighted by molar-refractivity contribution is 6.53. The number of aryl methyl sites for hydroxylation is 2. The molecule has 0 radical (unpaired) electrons. The molecule has 2 saturated carbocycles. The summed E-state index contributed by atoms with van der Waals surface area (Å²) < 4.78 is -1.17. The minimum Gasteiger partial charge on any atom is -0.347 e. The predicted octanol–water partition coefficient (Wildman–Crippen LogP) is 5.77. The predicted molar refractivity (Wildman–Crippen MR) is 122 cm³/mol. The first-order chi connectivity index (χ1) is 14.0. The fourth-order valence-corrected chi connectivity index (χ4v) is 4.94. The molecule has 2 amide bonds. The molecule has 2 aromatic carbocycles. The second kappa shape index (κ2) is 7.44. The zero-order valence-corrected chi connectivity index (χ0v) is 19.3. The molecule has 0 aliphatic heterocycles. The van der Waals surface area contributed by atoms with E-state index in [0.29, 0.717) is 16.3 Å². The van der Waals surface area contributed by atoms with Crippen LogP contribution in [-0.2, 0) is 4.79 Å². The Bertz CT molecular complexity index is 1030. The Labute approximate surface area is 191 Å². The van der Waals surface area contributed by atoms with E-state index < -0.39 is 10.3 Å². The third-order valence-electron chi connectivity index (χ3n) is 5.83. The number of anilines is 1. The number of carbonyl (C=O) groups excluding carboxylic acids is 2. The van der Waals surface area contributed by atoms with Crippen LogP contribution in [0.25, 0.3) is 0 Å². The third kappa shape index (κ3) is 4.18. The molecule has 0 heterocycles. The summed E-state index contributed by atoms with van der Waals surface area (Å²) in [5.74, 6) is -1.41. The van der Waals surface area contributed by atoms with Crippen molar-refractivity contribution < 1.29 is 9.59 Å². The lowest BCUT2D eigenvalue weighted by molar-refractivity contribution is -0.117. The van der Waals surface area contributed by atoms with Crippen LogP contribution in [0.15, 0.2) is 36.4 Å². The first-order valence-electron chi connectivity index (χ1n) is 9.89. The third-order valence-corrected chi connectivity index (χ3v) is 7.10. The molecule has 2 aromatic rings. The number of halogens is 3. The maximum Gasteiger partial charge on any atom is 0.253 e. The molecule has 0 bridgehead atoms. The Hall–Kier alpha value is -1.75. The molecule has 2 N–H and O–H groups in total. The molecule has 0 saturated heterocycles. The van der Waals surface area contributed by atoms with Crippen molar-refractivity contribution in [1.29, 1.82) is 0 Å². The van der Waals surface area contributed by atoms with Crippen LogP contribution < -0.4 is 10.6 Å². The first kappa shape index (κ1) is 21.5. The van der Waals surface area contributed by atoms with Crippen molar-refractivity contribution in [2.24, 2.45) is 5.92 Å². The van der Waals surface area contributed by atoms with E-state index in [0.717, 1.165) is 29.5 Å². The molecular weight excluding hydrogens is 443 g/mol. The lowest BCUT2D eigenvalue weighted by atomic mass is 10.0. The molecule has 0 spiro atoms. The molecule has 4 rings (SSSR count). The van der Waals surface area contributed by atoms with Crippen molar-refractivity contribution in [3.63, 3.8) is 0 Å². The standard InChI is InChI=1S/C23H23Cl3N2O2/c1-12-8-13(2)10-14(9-12)18-19(23(18,25)26)21(30)27-15-4-5-17(24)16(11-15)20(29)28-22(3)6-7-22/h4-5,8-11,18-19H,6-7H2,1-3H3,(H,27,30)(H,28,29). The smallest absolute Gasteiger partial charge is 0.253 e. The lowest BCUT2D eigenvalue weighted by Gasteiger charge is -2.14. The molecule has 4 nitrogen and oxygen atoms in total. The second-order valence-electron chi connectivity index (χ2n) is 8.75. The first-order valence-corrected chi connectivity index (χ1v) is 11.0. The molecule has 2 aliphatic carbocycles. The molecule has 2 unspecified atom stereocenters. The van der Waals surface area contributed by atoms with E-state index >= 15 is 0 Å².